The van der Waals surface area contributed by atoms with Gasteiger partial charge in [0.25, 0.3) is 0 Å². The molecule has 7 heteroatoms. The second kappa shape index (κ2) is 5.14. The van der Waals surface area contributed by atoms with E-state index in [-0.39, 0.29) is 5.82 Å². The minimum absolute atomic E-state index is 0.315. The molecule has 106 valence electrons. The largest absolute Gasteiger partial charge is 0.398 e. The van der Waals surface area contributed by atoms with Gasteiger partial charge in [0.2, 0.25) is 0 Å². The quantitative estimate of drug-likeness (QED) is 0.739. The molecule has 3 rings (SSSR count). The maximum atomic E-state index is 13.7. The van der Waals surface area contributed by atoms with Gasteiger partial charge in [0.05, 0.1) is 16.4 Å². The van der Waals surface area contributed by atoms with Crippen LogP contribution >= 0.6 is 11.6 Å². The highest BCUT2D eigenvalue weighted by molar-refractivity contribution is 6.33. The molecule has 0 fully saturated rings. The van der Waals surface area contributed by atoms with E-state index in [0.717, 1.165) is 0 Å². The fourth-order valence-corrected chi connectivity index (χ4v) is 2.20. The van der Waals surface area contributed by atoms with Crippen LogP contribution in [-0.4, -0.2) is 20.2 Å². The number of benzene rings is 2. The Kier molecular flexibility index (Phi) is 3.31. The summed E-state index contributed by atoms with van der Waals surface area (Å²) in [6.07, 6.45) is 0. The van der Waals surface area contributed by atoms with E-state index >= 15 is 0 Å². The maximum absolute atomic E-state index is 13.7. The van der Waals surface area contributed by atoms with Crippen LogP contribution in [0.3, 0.4) is 0 Å². The third kappa shape index (κ3) is 2.34. The third-order valence-corrected chi connectivity index (χ3v) is 3.52. The van der Waals surface area contributed by atoms with E-state index in [0.29, 0.717) is 33.3 Å². The molecule has 0 amide bonds. The Morgan fingerprint density at radius 3 is 2.81 bits per heavy atom. The van der Waals surface area contributed by atoms with Gasteiger partial charge in [-0.1, -0.05) is 17.7 Å². The zero-order chi connectivity index (χ0) is 15.0. The molecule has 0 spiro atoms. The van der Waals surface area contributed by atoms with E-state index < -0.39 is 0 Å². The number of rotatable bonds is 2. The van der Waals surface area contributed by atoms with E-state index in [1.807, 2.05) is 0 Å². The zero-order valence-corrected chi connectivity index (χ0v) is 11.8. The number of anilines is 1. The van der Waals surface area contributed by atoms with Gasteiger partial charge in [0.1, 0.15) is 5.82 Å². The normalized spacial score (nSPS) is 10.8. The summed E-state index contributed by atoms with van der Waals surface area (Å²) in [5.74, 6) is 0.148. The van der Waals surface area contributed by atoms with Crippen LogP contribution < -0.4 is 5.73 Å². The lowest BCUT2D eigenvalue weighted by molar-refractivity contribution is 0.614. The second-order valence-corrected chi connectivity index (χ2v) is 4.94. The highest BCUT2D eigenvalue weighted by Gasteiger charge is 2.14. The molecule has 0 aliphatic carbocycles. The molecule has 0 radical (unpaired) electrons. The Morgan fingerprint density at radius 1 is 1.24 bits per heavy atom. The summed E-state index contributed by atoms with van der Waals surface area (Å²) in [5.41, 5.74) is 7.90. The lowest BCUT2D eigenvalue weighted by Crippen LogP contribution is -2.03. The van der Waals surface area contributed by atoms with Crippen LogP contribution in [-0.2, 0) is 0 Å². The predicted molar refractivity (Wildman–Crippen MR) is 78.7 cm³/mol. The first kappa shape index (κ1) is 13.5. The molecule has 0 atom stereocenters. The summed E-state index contributed by atoms with van der Waals surface area (Å²) in [7, 11) is 0. The molecular formula is C14H11ClFN5. The molecule has 5 nitrogen and oxygen atoms in total. The van der Waals surface area contributed by atoms with Gasteiger partial charge in [0, 0.05) is 11.1 Å². The number of halogens is 2. The first-order chi connectivity index (χ1) is 10.1. The molecular weight excluding hydrogens is 293 g/mol. The summed E-state index contributed by atoms with van der Waals surface area (Å²) in [6.45, 7) is 1.67. The Morgan fingerprint density at radius 2 is 2.05 bits per heavy atom. The van der Waals surface area contributed by atoms with Crippen molar-refractivity contribution >= 4 is 17.3 Å². The van der Waals surface area contributed by atoms with E-state index in [1.54, 1.807) is 37.3 Å². The molecule has 2 aromatic carbocycles. The molecule has 3 aromatic rings. The Bertz CT molecular complexity index is 815. The fourth-order valence-electron chi connectivity index (χ4n) is 2.02. The molecule has 0 saturated heterocycles. The van der Waals surface area contributed by atoms with Crippen molar-refractivity contribution in [1.29, 1.82) is 0 Å². The van der Waals surface area contributed by atoms with Crippen molar-refractivity contribution in [2.24, 2.45) is 0 Å². The van der Waals surface area contributed by atoms with E-state index in [2.05, 4.69) is 15.5 Å². The van der Waals surface area contributed by atoms with Crippen molar-refractivity contribution in [2.75, 3.05) is 5.73 Å². The summed E-state index contributed by atoms with van der Waals surface area (Å²) in [4.78, 5) is 0. The summed E-state index contributed by atoms with van der Waals surface area (Å²) in [6, 6.07) is 9.86. The van der Waals surface area contributed by atoms with Crippen LogP contribution in [0.4, 0.5) is 10.1 Å². The number of tetrazole rings is 1. The number of hydrogen-bond acceptors (Lipinski definition) is 4. The third-order valence-electron chi connectivity index (χ3n) is 3.20. The number of nitrogens with two attached hydrogens (primary N) is 1. The summed E-state index contributed by atoms with van der Waals surface area (Å²) in [5, 5.41) is 12.0. The van der Waals surface area contributed by atoms with Crippen molar-refractivity contribution in [3.05, 3.63) is 52.8 Å². The highest BCUT2D eigenvalue weighted by Crippen LogP contribution is 2.27. The van der Waals surface area contributed by atoms with Gasteiger partial charge in [-0.05, 0) is 47.7 Å². The van der Waals surface area contributed by atoms with Crippen LogP contribution in [0.25, 0.3) is 17.1 Å². The molecule has 0 saturated carbocycles. The van der Waals surface area contributed by atoms with Crippen LogP contribution in [0.2, 0.25) is 5.02 Å². The van der Waals surface area contributed by atoms with Crippen molar-refractivity contribution in [2.45, 2.75) is 6.92 Å². The summed E-state index contributed by atoms with van der Waals surface area (Å²) >= 11 is 6.02. The lowest BCUT2D eigenvalue weighted by atomic mass is 10.1. The molecule has 0 unspecified atom stereocenters. The van der Waals surface area contributed by atoms with Gasteiger partial charge in [-0.25, -0.2) is 4.39 Å². The van der Waals surface area contributed by atoms with Crippen LogP contribution in [0, 0.1) is 12.7 Å². The predicted octanol–water partition coefficient (Wildman–Crippen LogP) is 3.01. The number of aromatic nitrogens is 4. The molecule has 0 aliphatic rings. The zero-order valence-electron chi connectivity index (χ0n) is 11.1. The Labute approximate surface area is 125 Å². The smallest absolute Gasteiger partial charge is 0.187 e. The highest BCUT2D eigenvalue weighted by atomic mass is 35.5. The minimum atomic E-state index is -0.315. The molecule has 0 aliphatic heterocycles. The van der Waals surface area contributed by atoms with Gasteiger partial charge in [-0.3, -0.25) is 0 Å². The van der Waals surface area contributed by atoms with Gasteiger partial charge < -0.3 is 5.73 Å². The number of nitrogens with zero attached hydrogens (tertiary/aromatic N) is 4. The Balaban J connectivity index is 2.17. The topological polar surface area (TPSA) is 69.6 Å². The lowest BCUT2D eigenvalue weighted by Gasteiger charge is -2.09. The van der Waals surface area contributed by atoms with Crippen molar-refractivity contribution in [3.8, 4) is 17.1 Å². The average Bonchev–Trinajstić information content (AvgIpc) is 2.94. The van der Waals surface area contributed by atoms with E-state index in [9.17, 15) is 4.39 Å². The fraction of sp³-hybridized carbons (Fsp3) is 0.0714. The van der Waals surface area contributed by atoms with Crippen molar-refractivity contribution in [1.82, 2.24) is 20.2 Å². The van der Waals surface area contributed by atoms with Crippen molar-refractivity contribution in [3.63, 3.8) is 0 Å². The molecule has 1 heterocycles. The monoisotopic (exact) mass is 303 g/mol. The first-order valence-corrected chi connectivity index (χ1v) is 6.55. The first-order valence-electron chi connectivity index (χ1n) is 6.17. The van der Waals surface area contributed by atoms with Gasteiger partial charge >= 0.3 is 0 Å². The minimum Gasteiger partial charge on any atom is -0.398 e. The van der Waals surface area contributed by atoms with Crippen LogP contribution in [0.15, 0.2) is 36.4 Å². The average molecular weight is 304 g/mol. The molecule has 1 aromatic heterocycles. The van der Waals surface area contributed by atoms with Crippen molar-refractivity contribution < 1.29 is 4.39 Å². The van der Waals surface area contributed by atoms with Gasteiger partial charge in [-0.2, -0.15) is 4.68 Å². The van der Waals surface area contributed by atoms with E-state index in [1.165, 1.54) is 10.7 Å². The number of hydrogen-bond donors (Lipinski definition) is 1. The Hall–Kier alpha value is -2.47. The van der Waals surface area contributed by atoms with Gasteiger partial charge in [0.15, 0.2) is 5.82 Å². The molecule has 2 N–H and O–H groups in total. The van der Waals surface area contributed by atoms with Crippen LogP contribution in [0.5, 0.6) is 0 Å². The molecule has 21 heavy (non-hydrogen) atoms. The van der Waals surface area contributed by atoms with Gasteiger partial charge in [-0.15, -0.1) is 5.10 Å². The number of nitrogen functional groups attached to an aromatic ring is 1. The second-order valence-electron chi connectivity index (χ2n) is 4.53. The maximum Gasteiger partial charge on any atom is 0.187 e. The standard InChI is InChI=1S/C14H11ClFN5/c1-8-11(16)3-2-4-13(8)21-14(18-19-20-21)9-5-6-12(17)10(15)7-9/h2-7H,17H2,1H3. The molecule has 0 bridgehead atoms. The summed E-state index contributed by atoms with van der Waals surface area (Å²) < 4.78 is 15.2. The SMILES string of the molecule is Cc1c(F)cccc1-n1nnnc1-c1ccc(N)c(Cl)c1. The van der Waals surface area contributed by atoms with Crippen LogP contribution in [0.1, 0.15) is 5.56 Å². The van der Waals surface area contributed by atoms with E-state index in [4.69, 9.17) is 17.3 Å².